The molecule has 0 radical (unpaired) electrons. The van der Waals surface area contributed by atoms with Crippen molar-refractivity contribution in [2.24, 2.45) is 0 Å². The van der Waals surface area contributed by atoms with Crippen molar-refractivity contribution in [3.05, 3.63) is 83.1 Å². The van der Waals surface area contributed by atoms with Gasteiger partial charge in [-0.2, -0.15) is 0 Å². The monoisotopic (exact) mass is 514 g/mol. The van der Waals surface area contributed by atoms with Crippen molar-refractivity contribution in [2.45, 2.75) is 31.7 Å². The van der Waals surface area contributed by atoms with Crippen LogP contribution in [-0.4, -0.2) is 33.1 Å². The molecule has 1 aliphatic heterocycles. The van der Waals surface area contributed by atoms with Gasteiger partial charge in [0, 0.05) is 24.6 Å². The second-order valence-electron chi connectivity index (χ2n) is 9.29. The van der Waals surface area contributed by atoms with Gasteiger partial charge in [0.2, 0.25) is 5.75 Å². The van der Waals surface area contributed by atoms with E-state index in [0.29, 0.717) is 41.4 Å². The molecule has 0 bridgehead atoms. The topological polar surface area (TPSA) is 95.1 Å². The van der Waals surface area contributed by atoms with Gasteiger partial charge in [0.1, 0.15) is 5.75 Å². The molecule has 1 aliphatic carbocycles. The van der Waals surface area contributed by atoms with Gasteiger partial charge in [-0.05, 0) is 59.9 Å². The number of fused-ring (bicyclic) bond motifs is 1. The van der Waals surface area contributed by atoms with Gasteiger partial charge in [0.15, 0.2) is 17.3 Å². The van der Waals surface area contributed by atoms with E-state index in [-0.39, 0.29) is 23.7 Å². The van der Waals surface area contributed by atoms with Gasteiger partial charge >= 0.3 is 5.97 Å². The molecule has 3 aromatic rings. The number of para-hydroxylation sites is 2. The van der Waals surface area contributed by atoms with Crippen molar-refractivity contribution in [3.63, 3.8) is 0 Å². The zero-order valence-electron chi connectivity index (χ0n) is 21.8. The van der Waals surface area contributed by atoms with E-state index < -0.39 is 0 Å². The first kappa shape index (κ1) is 25.2. The Kier molecular flexibility index (Phi) is 6.96. The summed E-state index contributed by atoms with van der Waals surface area (Å²) in [5.74, 6) is 1.67. The van der Waals surface area contributed by atoms with Crippen molar-refractivity contribution < 1.29 is 28.5 Å². The average molecular weight is 515 g/mol. The number of hydrogen-bond acceptors (Lipinski definition) is 8. The maximum Gasteiger partial charge on any atom is 0.308 e. The van der Waals surface area contributed by atoms with Crippen LogP contribution in [0.3, 0.4) is 0 Å². The Hall–Kier alpha value is -4.46. The maximum atomic E-state index is 13.8. The smallest absolute Gasteiger partial charge is 0.308 e. The Balaban J connectivity index is 1.56. The van der Waals surface area contributed by atoms with E-state index in [9.17, 15) is 9.59 Å². The molecule has 0 saturated carbocycles. The molecule has 5 rings (SSSR count). The van der Waals surface area contributed by atoms with Gasteiger partial charge in [0.05, 0.1) is 38.7 Å². The van der Waals surface area contributed by atoms with Gasteiger partial charge in [0.25, 0.3) is 0 Å². The lowest BCUT2D eigenvalue weighted by Gasteiger charge is -2.30. The Labute approximate surface area is 221 Å². The number of ketones is 1. The number of nitrogens with one attached hydrogen (secondary N) is 2. The number of Topliss-reactive ketones (excluding diaryl/α,β-unsaturated/α-hetero) is 1. The fourth-order valence-electron chi connectivity index (χ4n) is 5.21. The van der Waals surface area contributed by atoms with Gasteiger partial charge < -0.3 is 29.6 Å². The normalized spacial score (nSPS) is 18.3. The van der Waals surface area contributed by atoms with E-state index in [1.165, 1.54) is 6.92 Å². The van der Waals surface area contributed by atoms with Crippen molar-refractivity contribution in [1.82, 2.24) is 0 Å². The van der Waals surface area contributed by atoms with Crippen molar-refractivity contribution in [2.75, 3.05) is 32.0 Å². The summed E-state index contributed by atoms with van der Waals surface area (Å²) in [6, 6.07) is 18.6. The number of benzene rings is 3. The van der Waals surface area contributed by atoms with E-state index in [2.05, 4.69) is 10.6 Å². The molecule has 0 amide bonds. The molecule has 2 N–H and O–H groups in total. The third-order valence-corrected chi connectivity index (χ3v) is 6.94. The highest BCUT2D eigenvalue weighted by atomic mass is 16.5. The zero-order chi connectivity index (χ0) is 26.8. The predicted molar refractivity (Wildman–Crippen MR) is 144 cm³/mol. The summed E-state index contributed by atoms with van der Waals surface area (Å²) in [6.07, 6.45) is 0.955. The zero-order valence-corrected chi connectivity index (χ0v) is 21.8. The number of carbonyl (C=O) groups excluding carboxylic acids is 2. The molecule has 0 unspecified atom stereocenters. The van der Waals surface area contributed by atoms with E-state index in [1.807, 2.05) is 48.5 Å². The number of carbonyl (C=O) groups is 2. The summed E-state index contributed by atoms with van der Waals surface area (Å²) in [5, 5.41) is 7.11. The van der Waals surface area contributed by atoms with Crippen LogP contribution in [0.15, 0.2) is 71.9 Å². The second-order valence-corrected chi connectivity index (χ2v) is 9.29. The molecular formula is C30H30N2O6. The third kappa shape index (κ3) is 4.77. The van der Waals surface area contributed by atoms with Gasteiger partial charge in [-0.1, -0.05) is 24.3 Å². The number of esters is 1. The Morgan fingerprint density at radius 2 is 1.50 bits per heavy atom. The lowest BCUT2D eigenvalue weighted by Crippen LogP contribution is -2.27. The van der Waals surface area contributed by atoms with E-state index in [0.717, 1.165) is 28.2 Å². The first-order valence-electron chi connectivity index (χ1n) is 12.4. The molecule has 0 aromatic heterocycles. The minimum absolute atomic E-state index is 0.0480. The van der Waals surface area contributed by atoms with Crippen LogP contribution in [0.25, 0.3) is 0 Å². The molecule has 8 heteroatoms. The quantitative estimate of drug-likeness (QED) is 0.323. The van der Waals surface area contributed by atoms with Crippen LogP contribution < -0.4 is 29.6 Å². The molecule has 2 atom stereocenters. The van der Waals surface area contributed by atoms with Crippen LogP contribution in [0.1, 0.15) is 42.9 Å². The number of rotatable bonds is 6. The average Bonchev–Trinajstić information content (AvgIpc) is 3.09. The van der Waals surface area contributed by atoms with E-state index >= 15 is 0 Å². The van der Waals surface area contributed by atoms with Crippen molar-refractivity contribution in [1.29, 1.82) is 0 Å². The summed E-state index contributed by atoms with van der Waals surface area (Å²) in [6.45, 7) is 1.37. The van der Waals surface area contributed by atoms with Gasteiger partial charge in [-0.3, -0.25) is 9.59 Å². The predicted octanol–water partition coefficient (Wildman–Crippen LogP) is 5.62. The molecule has 3 aromatic carbocycles. The fraction of sp³-hybridized carbons (Fsp3) is 0.267. The summed E-state index contributed by atoms with van der Waals surface area (Å²) < 4.78 is 21.8. The molecule has 8 nitrogen and oxygen atoms in total. The molecular weight excluding hydrogens is 484 g/mol. The highest BCUT2D eigenvalue weighted by Gasteiger charge is 2.36. The molecule has 196 valence electrons. The number of anilines is 2. The van der Waals surface area contributed by atoms with Crippen LogP contribution in [-0.2, 0) is 9.59 Å². The van der Waals surface area contributed by atoms with Gasteiger partial charge in [-0.15, -0.1) is 0 Å². The van der Waals surface area contributed by atoms with Crippen LogP contribution in [0.4, 0.5) is 11.4 Å². The largest absolute Gasteiger partial charge is 0.493 e. The van der Waals surface area contributed by atoms with Gasteiger partial charge in [-0.25, -0.2) is 0 Å². The van der Waals surface area contributed by atoms with Crippen LogP contribution >= 0.6 is 0 Å². The standard InChI is InChI=1S/C30H30N2O6/c1-17(33)38-21-11-9-18(10-12-21)29-28-24(31-22-7-5-6-8-23(22)32-29)13-19(14-25(28)34)20-15-26(35-2)30(37-4)27(16-20)36-3/h5-12,15-16,19,29,31-32H,13-14H2,1-4H3/t19-,29+/m1/s1. The number of allylic oxidation sites excluding steroid dienone is 1. The van der Waals surface area contributed by atoms with Crippen LogP contribution in [0, 0.1) is 0 Å². The Morgan fingerprint density at radius 1 is 0.842 bits per heavy atom. The highest BCUT2D eigenvalue weighted by Crippen LogP contribution is 2.47. The lowest BCUT2D eigenvalue weighted by molar-refractivity contribution is -0.131. The molecule has 1 heterocycles. The summed E-state index contributed by atoms with van der Waals surface area (Å²) >= 11 is 0. The first-order valence-corrected chi connectivity index (χ1v) is 12.4. The van der Waals surface area contributed by atoms with Crippen LogP contribution in [0.5, 0.6) is 23.0 Å². The fourth-order valence-corrected chi connectivity index (χ4v) is 5.21. The molecule has 38 heavy (non-hydrogen) atoms. The molecule has 2 aliphatic rings. The molecule has 0 fully saturated rings. The highest BCUT2D eigenvalue weighted by molar-refractivity contribution is 6.01. The number of ether oxygens (including phenoxy) is 4. The summed E-state index contributed by atoms with van der Waals surface area (Å²) in [5.41, 5.74) is 5.20. The maximum absolute atomic E-state index is 13.8. The Morgan fingerprint density at radius 3 is 2.11 bits per heavy atom. The number of methoxy groups -OCH3 is 3. The molecule has 0 spiro atoms. The lowest BCUT2D eigenvalue weighted by atomic mass is 9.78. The van der Waals surface area contributed by atoms with Crippen molar-refractivity contribution in [3.8, 4) is 23.0 Å². The molecule has 0 saturated heterocycles. The number of hydrogen-bond donors (Lipinski definition) is 2. The minimum atomic E-state index is -0.381. The first-order chi connectivity index (χ1) is 18.4. The second kappa shape index (κ2) is 10.5. The van der Waals surface area contributed by atoms with Crippen LogP contribution in [0.2, 0.25) is 0 Å². The summed E-state index contributed by atoms with van der Waals surface area (Å²) in [4.78, 5) is 25.2. The van der Waals surface area contributed by atoms with Crippen molar-refractivity contribution >= 4 is 23.1 Å². The SMILES string of the molecule is COc1cc([C@H]2CC(=O)C3=C(C2)Nc2ccccc2N[C@H]3c2ccc(OC(C)=O)cc2)cc(OC)c1OC. The summed E-state index contributed by atoms with van der Waals surface area (Å²) in [7, 11) is 4.74. The van der Waals surface area contributed by atoms with E-state index in [1.54, 1.807) is 33.5 Å². The third-order valence-electron chi connectivity index (χ3n) is 6.94. The van der Waals surface area contributed by atoms with E-state index in [4.69, 9.17) is 18.9 Å². The Bertz CT molecular complexity index is 1390. The minimum Gasteiger partial charge on any atom is -0.493 e.